The second-order valence-corrected chi connectivity index (χ2v) is 10.2. The number of ether oxygens (including phenoxy) is 1. The number of fused-ring (bicyclic) bond motifs is 1. The van der Waals surface area contributed by atoms with Crippen molar-refractivity contribution in [3.05, 3.63) is 83.9 Å². The lowest BCUT2D eigenvalue weighted by atomic mass is 10.0. The smallest absolute Gasteiger partial charge is 0.232 e. The zero-order valence-electron chi connectivity index (χ0n) is 19.6. The molecule has 1 aromatic heterocycles. The van der Waals surface area contributed by atoms with Crippen LogP contribution in [0.4, 0.5) is 5.69 Å². The maximum absolute atomic E-state index is 11.9. The second-order valence-electron chi connectivity index (χ2n) is 8.22. The molecular weight excluding hydrogens is 446 g/mol. The van der Waals surface area contributed by atoms with Gasteiger partial charge in [-0.3, -0.25) is 4.72 Å². The van der Waals surface area contributed by atoms with Gasteiger partial charge < -0.3 is 15.0 Å². The van der Waals surface area contributed by atoms with Gasteiger partial charge in [0.1, 0.15) is 12.4 Å². The summed E-state index contributed by atoms with van der Waals surface area (Å²) in [6.45, 7) is 5.50. The third-order valence-corrected chi connectivity index (χ3v) is 7.16. The lowest BCUT2D eigenvalue weighted by Gasteiger charge is -2.13. The van der Waals surface area contributed by atoms with Crippen LogP contribution in [0.3, 0.4) is 0 Å². The van der Waals surface area contributed by atoms with E-state index in [0.29, 0.717) is 18.8 Å². The number of hydrogen-bond donors (Lipinski definition) is 2. The highest BCUT2D eigenvalue weighted by Gasteiger charge is 2.18. The number of nitrogens with one attached hydrogen (secondary N) is 1. The molecule has 0 saturated heterocycles. The fourth-order valence-corrected chi connectivity index (χ4v) is 4.81. The van der Waals surface area contributed by atoms with E-state index in [9.17, 15) is 8.42 Å². The van der Waals surface area contributed by atoms with Gasteiger partial charge in [0.2, 0.25) is 10.0 Å². The highest BCUT2D eigenvalue weighted by Crippen LogP contribution is 2.36. The van der Waals surface area contributed by atoms with Gasteiger partial charge in [-0.2, -0.15) is 0 Å². The molecule has 7 heteroatoms. The number of aromatic nitrogens is 1. The zero-order valence-corrected chi connectivity index (χ0v) is 20.4. The van der Waals surface area contributed by atoms with Crippen molar-refractivity contribution in [2.45, 2.75) is 40.0 Å². The maximum Gasteiger partial charge on any atom is 0.232 e. The summed E-state index contributed by atoms with van der Waals surface area (Å²) in [5, 5.41) is 1.08. The fourth-order valence-electron chi connectivity index (χ4n) is 4.17. The van der Waals surface area contributed by atoms with Crippen molar-refractivity contribution in [1.29, 1.82) is 0 Å². The van der Waals surface area contributed by atoms with Crippen LogP contribution in [0.5, 0.6) is 5.75 Å². The molecule has 0 saturated carbocycles. The third-order valence-electron chi connectivity index (χ3n) is 5.85. The average Bonchev–Trinajstić information content (AvgIpc) is 3.16. The molecule has 4 aromatic rings. The molecule has 0 bridgehead atoms. The Hall–Kier alpha value is -3.29. The van der Waals surface area contributed by atoms with Crippen molar-refractivity contribution >= 4 is 26.6 Å². The van der Waals surface area contributed by atoms with Crippen LogP contribution >= 0.6 is 0 Å². The minimum absolute atomic E-state index is 0.0332. The number of benzene rings is 3. The lowest BCUT2D eigenvalue weighted by molar-refractivity contribution is 0.306. The third kappa shape index (κ3) is 5.11. The SMILES string of the molecule is CCCn1c(-c2ccc(NS(=O)(=O)CC)cc2)c(CN)c2cc(OCc3ccccc3)ccc21. The van der Waals surface area contributed by atoms with Crippen molar-refractivity contribution in [3.8, 4) is 17.0 Å². The van der Waals surface area contributed by atoms with E-state index in [4.69, 9.17) is 10.5 Å². The van der Waals surface area contributed by atoms with Gasteiger partial charge in [-0.05, 0) is 60.4 Å². The molecule has 0 aliphatic carbocycles. The molecule has 0 unspecified atom stereocenters. The quantitative estimate of drug-likeness (QED) is 0.315. The normalized spacial score (nSPS) is 11.6. The predicted octanol–water partition coefficient (Wildman–Crippen LogP) is 5.52. The molecule has 0 aliphatic rings. The molecule has 0 amide bonds. The first-order chi connectivity index (χ1) is 16.5. The monoisotopic (exact) mass is 477 g/mol. The van der Waals surface area contributed by atoms with Gasteiger partial charge in [-0.25, -0.2) is 8.42 Å². The van der Waals surface area contributed by atoms with Gasteiger partial charge in [-0.15, -0.1) is 0 Å². The standard InChI is InChI=1S/C27H31N3O3S/c1-3-16-30-26-15-14-23(33-19-20-8-6-5-7-9-20)17-24(26)25(18-28)27(30)21-10-12-22(13-11-21)29-34(31,32)4-2/h5-15,17,29H,3-4,16,18-19,28H2,1-2H3. The van der Waals surface area contributed by atoms with Crippen molar-refractivity contribution in [2.24, 2.45) is 5.73 Å². The molecule has 1 heterocycles. The van der Waals surface area contributed by atoms with E-state index >= 15 is 0 Å². The van der Waals surface area contributed by atoms with Crippen LogP contribution in [0.1, 0.15) is 31.4 Å². The van der Waals surface area contributed by atoms with Gasteiger partial charge >= 0.3 is 0 Å². The topological polar surface area (TPSA) is 86.4 Å². The first kappa shape index (κ1) is 23.9. The zero-order chi connectivity index (χ0) is 24.1. The Morgan fingerprint density at radius 2 is 1.71 bits per heavy atom. The first-order valence-electron chi connectivity index (χ1n) is 11.6. The first-order valence-corrected chi connectivity index (χ1v) is 13.2. The minimum atomic E-state index is -3.32. The Labute approximate surface area is 201 Å². The Morgan fingerprint density at radius 1 is 0.971 bits per heavy atom. The second kappa shape index (κ2) is 10.3. The van der Waals surface area contributed by atoms with E-state index in [1.165, 1.54) is 0 Å². The number of hydrogen-bond acceptors (Lipinski definition) is 4. The largest absolute Gasteiger partial charge is 0.489 e. The van der Waals surface area contributed by atoms with Gasteiger partial charge in [-0.1, -0.05) is 49.4 Å². The summed E-state index contributed by atoms with van der Waals surface area (Å²) in [6, 6.07) is 23.7. The van der Waals surface area contributed by atoms with Gasteiger partial charge in [0.05, 0.1) is 11.4 Å². The van der Waals surface area contributed by atoms with Gasteiger partial charge in [0.25, 0.3) is 0 Å². The number of aryl methyl sites for hydroxylation is 1. The van der Waals surface area contributed by atoms with Crippen LogP contribution in [0.25, 0.3) is 22.2 Å². The molecule has 178 valence electrons. The summed E-state index contributed by atoms with van der Waals surface area (Å²) < 4.78 is 34.8. The Balaban J connectivity index is 1.72. The molecule has 4 rings (SSSR count). The number of rotatable bonds is 10. The molecule has 0 atom stereocenters. The van der Waals surface area contributed by atoms with E-state index in [1.54, 1.807) is 19.1 Å². The van der Waals surface area contributed by atoms with Crippen LogP contribution in [0.2, 0.25) is 0 Å². The van der Waals surface area contributed by atoms with Crippen molar-refractivity contribution in [2.75, 3.05) is 10.5 Å². The molecule has 6 nitrogen and oxygen atoms in total. The molecule has 0 radical (unpaired) electrons. The van der Waals surface area contributed by atoms with Crippen LogP contribution in [0.15, 0.2) is 72.8 Å². The summed E-state index contributed by atoms with van der Waals surface area (Å²) in [6.07, 6.45) is 0.974. The predicted molar refractivity (Wildman–Crippen MR) is 139 cm³/mol. The summed E-state index contributed by atoms with van der Waals surface area (Å²) in [7, 11) is -3.32. The van der Waals surface area contributed by atoms with Crippen LogP contribution in [-0.4, -0.2) is 18.7 Å². The van der Waals surface area contributed by atoms with Crippen molar-refractivity contribution in [3.63, 3.8) is 0 Å². The van der Waals surface area contributed by atoms with E-state index in [2.05, 4.69) is 28.3 Å². The Bertz CT molecular complexity index is 1360. The number of nitrogens with two attached hydrogens (primary N) is 1. The van der Waals surface area contributed by atoms with Gasteiger partial charge in [0, 0.05) is 29.7 Å². The highest BCUT2D eigenvalue weighted by atomic mass is 32.2. The highest BCUT2D eigenvalue weighted by molar-refractivity contribution is 7.92. The summed E-state index contributed by atoms with van der Waals surface area (Å²) in [5.74, 6) is 0.835. The summed E-state index contributed by atoms with van der Waals surface area (Å²) >= 11 is 0. The number of anilines is 1. The molecule has 34 heavy (non-hydrogen) atoms. The summed E-state index contributed by atoms with van der Waals surface area (Å²) in [4.78, 5) is 0. The molecule has 3 N–H and O–H groups in total. The van der Waals surface area contributed by atoms with Crippen molar-refractivity contribution in [1.82, 2.24) is 4.57 Å². The van der Waals surface area contributed by atoms with E-state index in [1.807, 2.05) is 48.5 Å². The number of sulfonamides is 1. The minimum Gasteiger partial charge on any atom is -0.489 e. The lowest BCUT2D eigenvalue weighted by Crippen LogP contribution is -2.14. The average molecular weight is 478 g/mol. The molecule has 0 aliphatic heterocycles. The molecule has 3 aromatic carbocycles. The van der Waals surface area contributed by atoms with Gasteiger partial charge in [0.15, 0.2) is 0 Å². The molecule has 0 spiro atoms. The van der Waals surface area contributed by atoms with Crippen LogP contribution < -0.4 is 15.2 Å². The van der Waals surface area contributed by atoms with E-state index < -0.39 is 10.0 Å². The molecule has 0 fully saturated rings. The maximum atomic E-state index is 11.9. The van der Waals surface area contributed by atoms with Crippen molar-refractivity contribution < 1.29 is 13.2 Å². The Morgan fingerprint density at radius 3 is 2.35 bits per heavy atom. The van der Waals surface area contributed by atoms with E-state index in [0.717, 1.165) is 52.0 Å². The molecular formula is C27H31N3O3S. The Kier molecular flexibility index (Phi) is 7.24. The number of nitrogens with zero attached hydrogens (tertiary/aromatic N) is 1. The fraction of sp³-hybridized carbons (Fsp3) is 0.259. The summed E-state index contributed by atoms with van der Waals surface area (Å²) in [5.41, 5.74) is 12.1. The van der Waals surface area contributed by atoms with Crippen LogP contribution in [-0.2, 0) is 29.7 Å². The van der Waals surface area contributed by atoms with Crippen LogP contribution in [0, 0.1) is 0 Å². The van der Waals surface area contributed by atoms with E-state index in [-0.39, 0.29) is 5.75 Å².